The standard InChI is InChI=1S/C16H16F3NS/c1-2-11(20)8-10-4-3-5-14(18)16(10)21-12-6-7-13(17)15(19)9-12/h3-7,9,11H,2,8,20H2,1H3. The van der Waals surface area contributed by atoms with Crippen LogP contribution in [0.4, 0.5) is 13.2 Å². The van der Waals surface area contributed by atoms with Crippen molar-refractivity contribution >= 4 is 11.8 Å². The fourth-order valence-corrected chi connectivity index (χ4v) is 2.90. The Labute approximate surface area is 126 Å². The number of hydrogen-bond donors (Lipinski definition) is 1. The van der Waals surface area contributed by atoms with Crippen molar-refractivity contribution in [2.75, 3.05) is 0 Å². The zero-order valence-corrected chi connectivity index (χ0v) is 12.4. The van der Waals surface area contributed by atoms with Crippen molar-refractivity contribution in [2.24, 2.45) is 5.73 Å². The molecule has 0 aliphatic rings. The van der Waals surface area contributed by atoms with Crippen LogP contribution in [0.1, 0.15) is 18.9 Å². The van der Waals surface area contributed by atoms with Crippen molar-refractivity contribution in [3.05, 3.63) is 59.4 Å². The Morgan fingerprint density at radius 1 is 1.05 bits per heavy atom. The molecule has 0 aromatic heterocycles. The van der Waals surface area contributed by atoms with Gasteiger partial charge in [0.15, 0.2) is 11.6 Å². The molecule has 112 valence electrons. The highest BCUT2D eigenvalue weighted by molar-refractivity contribution is 7.99. The molecule has 0 fully saturated rings. The van der Waals surface area contributed by atoms with Gasteiger partial charge in [0.25, 0.3) is 0 Å². The maximum atomic E-state index is 14.0. The zero-order chi connectivity index (χ0) is 15.4. The van der Waals surface area contributed by atoms with Gasteiger partial charge in [0.05, 0.1) is 4.90 Å². The van der Waals surface area contributed by atoms with Crippen molar-refractivity contribution in [1.82, 2.24) is 0 Å². The first kappa shape index (κ1) is 15.9. The van der Waals surface area contributed by atoms with Gasteiger partial charge in [-0.2, -0.15) is 0 Å². The fraction of sp³-hybridized carbons (Fsp3) is 0.250. The Balaban J connectivity index is 2.31. The summed E-state index contributed by atoms with van der Waals surface area (Å²) < 4.78 is 40.2. The summed E-state index contributed by atoms with van der Waals surface area (Å²) in [7, 11) is 0. The predicted octanol–water partition coefficient (Wildman–Crippen LogP) is 4.53. The number of rotatable bonds is 5. The van der Waals surface area contributed by atoms with E-state index in [1.165, 1.54) is 12.1 Å². The summed E-state index contributed by atoms with van der Waals surface area (Å²) in [6.07, 6.45) is 1.33. The summed E-state index contributed by atoms with van der Waals surface area (Å²) in [6, 6.07) is 8.26. The van der Waals surface area contributed by atoms with Crippen LogP contribution >= 0.6 is 11.8 Å². The second kappa shape index (κ2) is 7.00. The smallest absolute Gasteiger partial charge is 0.159 e. The summed E-state index contributed by atoms with van der Waals surface area (Å²) in [5.74, 6) is -2.24. The fourth-order valence-electron chi connectivity index (χ4n) is 1.91. The van der Waals surface area contributed by atoms with Crippen LogP contribution in [0.15, 0.2) is 46.2 Å². The predicted molar refractivity (Wildman–Crippen MR) is 78.9 cm³/mol. The lowest BCUT2D eigenvalue weighted by Crippen LogP contribution is -2.21. The molecule has 0 aliphatic heterocycles. The molecule has 0 heterocycles. The Morgan fingerprint density at radius 3 is 2.48 bits per heavy atom. The first-order valence-electron chi connectivity index (χ1n) is 6.67. The van der Waals surface area contributed by atoms with Crippen molar-refractivity contribution in [3.8, 4) is 0 Å². The van der Waals surface area contributed by atoms with Crippen LogP contribution in [0.25, 0.3) is 0 Å². The number of hydrogen-bond acceptors (Lipinski definition) is 2. The average Bonchev–Trinajstić information content (AvgIpc) is 2.46. The molecule has 0 saturated heterocycles. The molecular weight excluding hydrogens is 295 g/mol. The van der Waals surface area contributed by atoms with Crippen LogP contribution in [0.3, 0.4) is 0 Å². The topological polar surface area (TPSA) is 26.0 Å². The van der Waals surface area contributed by atoms with E-state index in [-0.39, 0.29) is 11.9 Å². The molecule has 0 amide bonds. The second-order valence-electron chi connectivity index (χ2n) is 4.78. The third-order valence-electron chi connectivity index (χ3n) is 3.17. The molecule has 2 N–H and O–H groups in total. The maximum Gasteiger partial charge on any atom is 0.159 e. The minimum absolute atomic E-state index is 0.0592. The maximum absolute atomic E-state index is 14.0. The third kappa shape index (κ3) is 4.02. The molecule has 0 saturated carbocycles. The molecule has 0 aliphatic carbocycles. The van der Waals surface area contributed by atoms with Gasteiger partial charge in [-0.15, -0.1) is 0 Å². The van der Waals surface area contributed by atoms with Gasteiger partial charge in [-0.3, -0.25) is 0 Å². The summed E-state index contributed by atoms with van der Waals surface area (Å²) in [5.41, 5.74) is 6.70. The van der Waals surface area contributed by atoms with Crippen molar-refractivity contribution in [2.45, 2.75) is 35.6 Å². The first-order valence-corrected chi connectivity index (χ1v) is 7.48. The van der Waals surface area contributed by atoms with Gasteiger partial charge in [-0.25, -0.2) is 13.2 Å². The van der Waals surface area contributed by atoms with E-state index in [1.807, 2.05) is 6.92 Å². The Kier molecular flexibility index (Phi) is 5.31. The van der Waals surface area contributed by atoms with Crippen LogP contribution in [-0.2, 0) is 6.42 Å². The second-order valence-corrected chi connectivity index (χ2v) is 5.86. The van der Waals surface area contributed by atoms with Gasteiger partial charge in [0, 0.05) is 10.9 Å². The molecule has 21 heavy (non-hydrogen) atoms. The molecule has 0 spiro atoms. The monoisotopic (exact) mass is 311 g/mol. The van der Waals surface area contributed by atoms with E-state index in [0.717, 1.165) is 35.9 Å². The first-order chi connectivity index (χ1) is 10.0. The van der Waals surface area contributed by atoms with E-state index < -0.39 is 11.6 Å². The van der Waals surface area contributed by atoms with E-state index in [2.05, 4.69) is 0 Å². The van der Waals surface area contributed by atoms with E-state index >= 15 is 0 Å². The van der Waals surface area contributed by atoms with Gasteiger partial charge in [-0.1, -0.05) is 30.8 Å². The molecule has 0 radical (unpaired) electrons. The van der Waals surface area contributed by atoms with E-state index in [1.54, 1.807) is 12.1 Å². The molecule has 1 atom stereocenters. The largest absolute Gasteiger partial charge is 0.327 e. The van der Waals surface area contributed by atoms with Gasteiger partial charge in [0.2, 0.25) is 0 Å². The number of benzene rings is 2. The van der Waals surface area contributed by atoms with Crippen LogP contribution in [0.2, 0.25) is 0 Å². The van der Waals surface area contributed by atoms with Crippen molar-refractivity contribution < 1.29 is 13.2 Å². The highest BCUT2D eigenvalue weighted by Gasteiger charge is 2.13. The Morgan fingerprint density at radius 2 is 1.81 bits per heavy atom. The molecule has 2 aromatic rings. The summed E-state index contributed by atoms with van der Waals surface area (Å²) in [5, 5.41) is 0. The van der Waals surface area contributed by atoms with Crippen LogP contribution in [0.5, 0.6) is 0 Å². The van der Waals surface area contributed by atoms with Crippen molar-refractivity contribution in [3.63, 3.8) is 0 Å². The minimum Gasteiger partial charge on any atom is -0.327 e. The molecule has 0 bridgehead atoms. The van der Waals surface area contributed by atoms with E-state index in [0.29, 0.717) is 16.2 Å². The normalized spacial score (nSPS) is 12.4. The van der Waals surface area contributed by atoms with Crippen LogP contribution in [0, 0.1) is 17.5 Å². The minimum atomic E-state index is -0.942. The van der Waals surface area contributed by atoms with E-state index in [4.69, 9.17) is 5.73 Å². The van der Waals surface area contributed by atoms with Crippen LogP contribution < -0.4 is 5.73 Å². The molecular formula is C16H16F3NS. The molecule has 2 aromatic carbocycles. The van der Waals surface area contributed by atoms with Gasteiger partial charge in [0.1, 0.15) is 5.82 Å². The van der Waals surface area contributed by atoms with E-state index in [9.17, 15) is 13.2 Å². The van der Waals surface area contributed by atoms with Gasteiger partial charge >= 0.3 is 0 Å². The summed E-state index contributed by atoms with van der Waals surface area (Å²) in [6.45, 7) is 1.96. The Bertz CT molecular complexity index is 631. The molecule has 1 nitrogen and oxygen atoms in total. The highest BCUT2D eigenvalue weighted by Crippen LogP contribution is 2.34. The van der Waals surface area contributed by atoms with Gasteiger partial charge < -0.3 is 5.73 Å². The Hall–Kier alpha value is -1.46. The number of nitrogens with two attached hydrogens (primary N) is 1. The highest BCUT2D eigenvalue weighted by atomic mass is 32.2. The summed E-state index contributed by atoms with van der Waals surface area (Å²) >= 11 is 1.08. The molecule has 1 unspecified atom stereocenters. The molecule has 5 heteroatoms. The van der Waals surface area contributed by atoms with Crippen LogP contribution in [-0.4, -0.2) is 6.04 Å². The summed E-state index contributed by atoms with van der Waals surface area (Å²) in [4.78, 5) is 0.859. The lowest BCUT2D eigenvalue weighted by Gasteiger charge is -2.14. The average molecular weight is 311 g/mol. The number of halogens is 3. The lowest BCUT2D eigenvalue weighted by molar-refractivity contribution is 0.506. The molecule has 2 rings (SSSR count). The van der Waals surface area contributed by atoms with Crippen molar-refractivity contribution in [1.29, 1.82) is 0 Å². The zero-order valence-electron chi connectivity index (χ0n) is 11.6. The quantitative estimate of drug-likeness (QED) is 0.877. The van der Waals surface area contributed by atoms with Gasteiger partial charge in [-0.05, 0) is 42.7 Å². The third-order valence-corrected chi connectivity index (χ3v) is 4.32. The lowest BCUT2D eigenvalue weighted by atomic mass is 10.0. The SMILES string of the molecule is CCC(N)Cc1cccc(F)c1Sc1ccc(F)c(F)c1.